The van der Waals surface area contributed by atoms with Crippen LogP contribution >= 0.6 is 31.9 Å². The summed E-state index contributed by atoms with van der Waals surface area (Å²) in [6.45, 7) is 14.5. The number of nitrogens with one attached hydrogen (secondary N) is 1. The number of amides is 2. The molecule has 0 aliphatic carbocycles. The van der Waals surface area contributed by atoms with E-state index in [1.807, 2.05) is 57.5 Å². The summed E-state index contributed by atoms with van der Waals surface area (Å²) in [6.07, 6.45) is 10.6. The Morgan fingerprint density at radius 1 is 0.756 bits per heavy atom. The highest BCUT2D eigenvalue weighted by Crippen LogP contribution is 2.36. The van der Waals surface area contributed by atoms with Gasteiger partial charge in [-0.1, -0.05) is 0 Å². The van der Waals surface area contributed by atoms with E-state index in [9.17, 15) is 14.0 Å². The van der Waals surface area contributed by atoms with Crippen LogP contribution < -0.4 is 10.2 Å². The lowest BCUT2D eigenvalue weighted by molar-refractivity contribution is 0.0186. The van der Waals surface area contributed by atoms with Crippen molar-refractivity contribution in [2.45, 2.75) is 103 Å². The third-order valence-corrected chi connectivity index (χ3v) is 8.53. The molecule has 13 heteroatoms. The van der Waals surface area contributed by atoms with Gasteiger partial charge in [-0.25, -0.2) is 14.0 Å². The minimum Gasteiger partial charge on any atom is -0.444 e. The van der Waals surface area contributed by atoms with Crippen molar-refractivity contribution in [3.8, 4) is 0 Å². The Bertz CT molecular complexity index is 1280. The molecule has 4 atom stereocenters. The summed E-state index contributed by atoms with van der Waals surface area (Å²) in [4.78, 5) is 38.0. The van der Waals surface area contributed by atoms with Crippen LogP contribution in [-0.2, 0) is 9.47 Å². The zero-order valence-electron chi connectivity index (χ0n) is 26.9. The molecule has 1 N–H and O–H groups in total. The van der Waals surface area contributed by atoms with Gasteiger partial charge in [-0.15, -0.1) is 0 Å². The van der Waals surface area contributed by atoms with Gasteiger partial charge in [0.2, 0.25) is 0 Å². The van der Waals surface area contributed by atoms with Gasteiger partial charge in [0.25, 0.3) is 0 Å². The SMILES string of the molecule is CC(C)(C)OC(=O)N1CC2CCC(C1)N2.CC(C)(C)OC(=O)N1CC2CCC(C1)N2c1cncc(Br)c1.Fc1cncc(Br)c1. The average molecular weight is 757 g/mol. The number of hydrogen-bond donors (Lipinski definition) is 1. The molecule has 0 saturated carbocycles. The highest BCUT2D eigenvalue weighted by atomic mass is 79.9. The van der Waals surface area contributed by atoms with E-state index in [0.717, 1.165) is 55.4 Å². The van der Waals surface area contributed by atoms with Crippen molar-refractivity contribution in [2.75, 3.05) is 31.1 Å². The molecule has 248 valence electrons. The van der Waals surface area contributed by atoms with Crippen LogP contribution in [0.2, 0.25) is 0 Å². The van der Waals surface area contributed by atoms with Gasteiger partial charge in [0.15, 0.2) is 0 Å². The number of hydrogen-bond acceptors (Lipinski definition) is 8. The van der Waals surface area contributed by atoms with E-state index >= 15 is 0 Å². The molecule has 6 rings (SSSR count). The zero-order valence-corrected chi connectivity index (χ0v) is 30.1. The van der Waals surface area contributed by atoms with Gasteiger partial charge in [0, 0.05) is 71.7 Å². The minimum absolute atomic E-state index is 0.166. The molecule has 0 radical (unpaired) electrons. The predicted octanol–water partition coefficient (Wildman–Crippen LogP) is 6.77. The minimum atomic E-state index is -0.443. The van der Waals surface area contributed by atoms with Gasteiger partial charge in [0.05, 0.1) is 18.1 Å². The Labute approximate surface area is 282 Å². The second-order valence-electron chi connectivity index (χ2n) is 13.9. The van der Waals surface area contributed by atoms with Crippen LogP contribution in [0.3, 0.4) is 0 Å². The van der Waals surface area contributed by atoms with Gasteiger partial charge in [-0.3, -0.25) is 9.97 Å². The first-order valence-electron chi connectivity index (χ1n) is 15.4. The molecule has 4 aliphatic rings. The number of aromatic nitrogens is 2. The monoisotopic (exact) mass is 754 g/mol. The molecule has 4 fully saturated rings. The smallest absolute Gasteiger partial charge is 0.410 e. The van der Waals surface area contributed by atoms with Crippen molar-refractivity contribution in [3.63, 3.8) is 0 Å². The molecular formula is C32H45Br2FN6O4. The number of fused-ring (bicyclic) bond motifs is 4. The third kappa shape index (κ3) is 10.8. The van der Waals surface area contributed by atoms with Gasteiger partial charge in [0.1, 0.15) is 17.0 Å². The maximum Gasteiger partial charge on any atom is 0.410 e. The van der Waals surface area contributed by atoms with Gasteiger partial charge < -0.3 is 29.5 Å². The first-order chi connectivity index (χ1) is 21.1. The largest absolute Gasteiger partial charge is 0.444 e. The number of likely N-dealkylation sites (tertiary alicyclic amines) is 2. The van der Waals surface area contributed by atoms with Crippen molar-refractivity contribution in [1.82, 2.24) is 25.1 Å². The first-order valence-corrected chi connectivity index (χ1v) is 17.0. The maximum absolute atomic E-state index is 12.3. The maximum atomic E-state index is 12.3. The molecule has 0 aromatic carbocycles. The average Bonchev–Trinajstić information content (AvgIpc) is 3.40. The van der Waals surface area contributed by atoms with Gasteiger partial charge in [-0.05, 0) is 111 Å². The first kappa shape index (κ1) is 35.3. The highest BCUT2D eigenvalue weighted by Gasteiger charge is 2.42. The van der Waals surface area contributed by atoms with Crippen molar-refractivity contribution in [3.05, 3.63) is 51.7 Å². The summed E-state index contributed by atoms with van der Waals surface area (Å²) in [5.41, 5.74) is 0.299. The molecule has 4 saturated heterocycles. The van der Waals surface area contributed by atoms with Crippen LogP contribution in [0.1, 0.15) is 67.2 Å². The number of piperazine rings is 2. The third-order valence-electron chi connectivity index (χ3n) is 7.66. The molecule has 4 unspecified atom stereocenters. The fourth-order valence-electron chi connectivity index (χ4n) is 6.00. The molecule has 0 spiro atoms. The van der Waals surface area contributed by atoms with Crippen LogP contribution in [0, 0.1) is 5.82 Å². The van der Waals surface area contributed by atoms with E-state index < -0.39 is 5.60 Å². The van der Waals surface area contributed by atoms with Gasteiger partial charge in [-0.2, -0.15) is 0 Å². The second-order valence-corrected chi connectivity index (χ2v) is 15.7. The van der Waals surface area contributed by atoms with E-state index in [2.05, 4.69) is 58.1 Å². The quantitative estimate of drug-likeness (QED) is 0.341. The number of rotatable bonds is 1. The van der Waals surface area contributed by atoms with Crippen LogP contribution in [0.25, 0.3) is 0 Å². The lowest BCUT2D eigenvalue weighted by Crippen LogP contribution is -2.56. The summed E-state index contributed by atoms with van der Waals surface area (Å²) < 4.78 is 24.6. The fraction of sp³-hybridized carbons (Fsp3) is 0.625. The van der Waals surface area contributed by atoms with E-state index in [1.165, 1.54) is 25.1 Å². The number of halogens is 3. The van der Waals surface area contributed by atoms with Crippen LogP contribution in [-0.4, -0.2) is 93.5 Å². The van der Waals surface area contributed by atoms with E-state index in [4.69, 9.17) is 9.47 Å². The van der Waals surface area contributed by atoms with E-state index in [1.54, 1.807) is 6.20 Å². The van der Waals surface area contributed by atoms with Crippen LogP contribution in [0.15, 0.2) is 45.9 Å². The molecule has 2 aromatic rings. The molecule has 10 nitrogen and oxygen atoms in total. The lowest BCUT2D eigenvalue weighted by atomic mass is 10.1. The standard InChI is InChI=1S/C16H22BrN3O2.C11H20N2O2.C5H3BrFN/c1-16(2,3)22-15(21)19-9-12-4-5-13(10-19)20(12)14-6-11(17)7-18-8-14;1-11(2,3)15-10(14)13-6-8-4-5-9(7-13)12-8;6-4-1-5(7)3-8-2-4/h6-8,12-13H,4-5,9-10H2,1-3H3;8-9,12H,4-7H2,1-3H3;1-3H. The molecule has 2 aromatic heterocycles. The molecule has 4 bridgehead atoms. The highest BCUT2D eigenvalue weighted by molar-refractivity contribution is 9.10. The van der Waals surface area contributed by atoms with E-state index in [0.29, 0.717) is 28.6 Å². The Kier molecular flexibility index (Phi) is 11.7. The number of carbonyl (C=O) groups excluding carboxylic acids is 2. The molecular weight excluding hydrogens is 711 g/mol. The number of anilines is 1. The lowest BCUT2D eigenvalue weighted by Gasteiger charge is -2.42. The summed E-state index contributed by atoms with van der Waals surface area (Å²) in [6, 6.07) is 5.12. The van der Waals surface area contributed by atoms with Crippen molar-refractivity contribution < 1.29 is 23.5 Å². The van der Waals surface area contributed by atoms with Crippen LogP contribution in [0.5, 0.6) is 0 Å². The molecule has 2 amide bonds. The van der Waals surface area contributed by atoms with E-state index in [-0.39, 0.29) is 23.6 Å². The Hall–Kier alpha value is -2.51. The predicted molar refractivity (Wildman–Crippen MR) is 179 cm³/mol. The summed E-state index contributed by atoms with van der Waals surface area (Å²) in [5.74, 6) is -0.320. The summed E-state index contributed by atoms with van der Waals surface area (Å²) in [5, 5.41) is 3.49. The van der Waals surface area contributed by atoms with Crippen LogP contribution in [0.4, 0.5) is 19.7 Å². The summed E-state index contributed by atoms with van der Waals surface area (Å²) in [7, 11) is 0. The molecule has 45 heavy (non-hydrogen) atoms. The summed E-state index contributed by atoms with van der Waals surface area (Å²) >= 11 is 6.54. The zero-order chi connectivity index (χ0) is 32.9. The van der Waals surface area contributed by atoms with Crippen molar-refractivity contribution in [2.24, 2.45) is 0 Å². The number of ether oxygens (including phenoxy) is 2. The molecule has 6 heterocycles. The topological polar surface area (TPSA) is 100 Å². The molecule has 4 aliphatic heterocycles. The van der Waals surface area contributed by atoms with Gasteiger partial charge >= 0.3 is 12.2 Å². The van der Waals surface area contributed by atoms with Crippen molar-refractivity contribution in [1.29, 1.82) is 0 Å². The second kappa shape index (κ2) is 14.9. The number of carbonyl (C=O) groups is 2. The fourth-order valence-corrected chi connectivity index (χ4v) is 6.69. The number of pyridine rings is 2. The normalized spacial score (nSPS) is 23.8. The Morgan fingerprint density at radius 2 is 1.22 bits per heavy atom. The Balaban J connectivity index is 0.000000172. The number of nitrogens with zero attached hydrogens (tertiary/aromatic N) is 5. The Morgan fingerprint density at radius 3 is 1.64 bits per heavy atom. The van der Waals surface area contributed by atoms with Crippen molar-refractivity contribution >= 4 is 49.7 Å².